The monoisotopic (exact) mass is 379 g/mol. The number of aromatic amines is 3. The lowest BCUT2D eigenvalue weighted by molar-refractivity contribution is 0.0699. The molecular weight excluding hydrogens is 358 g/mol. The maximum Gasteiger partial charge on any atom is 0.326 e. The van der Waals surface area contributed by atoms with Gasteiger partial charge in [-0.1, -0.05) is 30.3 Å². The summed E-state index contributed by atoms with van der Waals surface area (Å²) >= 11 is 0. The first-order valence-electron chi connectivity index (χ1n) is 9.29. The van der Waals surface area contributed by atoms with Gasteiger partial charge < -0.3 is 9.88 Å². The summed E-state index contributed by atoms with van der Waals surface area (Å²) in [5, 5.41) is 7.34. The third kappa shape index (κ3) is 3.80. The average molecular weight is 379 g/mol. The molecule has 0 saturated carbocycles. The number of carbonyl (C=O) groups is 1. The van der Waals surface area contributed by atoms with E-state index in [0.717, 1.165) is 36.6 Å². The minimum absolute atomic E-state index is 0.0171. The van der Waals surface area contributed by atoms with Crippen molar-refractivity contribution in [3.8, 4) is 0 Å². The zero-order chi connectivity index (χ0) is 19.5. The molecule has 8 heteroatoms. The first-order chi connectivity index (χ1) is 13.6. The maximum atomic E-state index is 12.8. The number of H-pyrrole nitrogens is 3. The Hall–Kier alpha value is -3.42. The summed E-state index contributed by atoms with van der Waals surface area (Å²) < 4.78 is 0. The number of amides is 1. The number of piperidine rings is 1. The second kappa shape index (κ2) is 7.67. The second-order valence-electron chi connectivity index (χ2n) is 7.06. The molecule has 1 aromatic carbocycles. The first kappa shape index (κ1) is 18.0. The van der Waals surface area contributed by atoms with E-state index in [2.05, 4.69) is 32.3 Å². The molecule has 1 amide bonds. The molecule has 28 heavy (non-hydrogen) atoms. The highest BCUT2D eigenvalue weighted by Crippen LogP contribution is 2.29. The third-order valence-corrected chi connectivity index (χ3v) is 5.10. The van der Waals surface area contributed by atoms with Crippen molar-refractivity contribution < 1.29 is 4.79 Å². The Morgan fingerprint density at radius 2 is 2.00 bits per heavy atom. The second-order valence-corrected chi connectivity index (χ2v) is 7.06. The van der Waals surface area contributed by atoms with Crippen molar-refractivity contribution >= 4 is 5.91 Å². The Morgan fingerprint density at radius 1 is 1.18 bits per heavy atom. The summed E-state index contributed by atoms with van der Waals surface area (Å²) in [5.74, 6) is -0.204. The number of aromatic nitrogens is 4. The number of rotatable bonds is 4. The van der Waals surface area contributed by atoms with E-state index in [0.29, 0.717) is 13.1 Å². The number of carbonyl (C=O) groups excluding carboxylic acids is 1. The molecule has 3 N–H and O–H groups in total. The lowest BCUT2D eigenvalue weighted by atomic mass is 9.90. The number of nitrogens with zero attached hydrogens (tertiary/aromatic N) is 2. The van der Waals surface area contributed by atoms with Gasteiger partial charge in [0, 0.05) is 37.2 Å². The Balaban J connectivity index is 1.53. The number of benzene rings is 1. The van der Waals surface area contributed by atoms with Gasteiger partial charge in [0.15, 0.2) is 0 Å². The van der Waals surface area contributed by atoms with Gasteiger partial charge in [0.05, 0.1) is 6.20 Å². The zero-order valence-corrected chi connectivity index (χ0v) is 15.3. The molecule has 144 valence electrons. The Kier molecular flexibility index (Phi) is 4.92. The number of nitrogens with one attached hydrogen (secondary N) is 3. The predicted octanol–water partition coefficient (Wildman–Crippen LogP) is 1.40. The largest absolute Gasteiger partial charge is 0.337 e. The highest BCUT2D eigenvalue weighted by atomic mass is 16.2. The Bertz CT molecular complexity index is 1050. The lowest BCUT2D eigenvalue weighted by Gasteiger charge is -2.32. The third-order valence-electron chi connectivity index (χ3n) is 5.10. The van der Waals surface area contributed by atoms with Crippen LogP contribution in [0.25, 0.3) is 0 Å². The zero-order valence-electron chi connectivity index (χ0n) is 15.3. The van der Waals surface area contributed by atoms with Crippen molar-refractivity contribution in [2.75, 3.05) is 13.1 Å². The van der Waals surface area contributed by atoms with Crippen molar-refractivity contribution in [2.24, 2.45) is 0 Å². The van der Waals surface area contributed by atoms with E-state index in [1.54, 1.807) is 4.90 Å². The van der Waals surface area contributed by atoms with Crippen LogP contribution in [-0.4, -0.2) is 44.1 Å². The Labute approximate surface area is 160 Å². The standard InChI is InChI=1S/C20H21N5O3/c26-17-10-16(22-20(28)23-17)19(27)25-8-4-7-14(12-25)18-15(11-21-24-18)9-13-5-2-1-3-6-13/h1-3,5-6,10-11,14H,4,7-9,12H2,(H,21,24)(H2,22,23,26,28)/t14-/m1/s1. The molecule has 1 aliphatic heterocycles. The summed E-state index contributed by atoms with van der Waals surface area (Å²) in [6, 6.07) is 11.3. The van der Waals surface area contributed by atoms with Crippen LogP contribution < -0.4 is 11.2 Å². The maximum absolute atomic E-state index is 12.8. The van der Waals surface area contributed by atoms with E-state index in [1.807, 2.05) is 24.4 Å². The molecule has 1 fully saturated rings. The van der Waals surface area contributed by atoms with Gasteiger partial charge in [-0.15, -0.1) is 0 Å². The van der Waals surface area contributed by atoms with E-state index in [4.69, 9.17) is 0 Å². The van der Waals surface area contributed by atoms with E-state index < -0.39 is 11.2 Å². The summed E-state index contributed by atoms with van der Waals surface area (Å²) in [6.45, 7) is 1.10. The Morgan fingerprint density at radius 3 is 2.79 bits per heavy atom. The van der Waals surface area contributed by atoms with Crippen molar-refractivity contribution in [1.82, 2.24) is 25.1 Å². The van der Waals surface area contributed by atoms with Crippen LogP contribution in [0.5, 0.6) is 0 Å². The predicted molar refractivity (Wildman–Crippen MR) is 103 cm³/mol. The van der Waals surface area contributed by atoms with Gasteiger partial charge in [0.2, 0.25) is 0 Å². The van der Waals surface area contributed by atoms with E-state index in [1.165, 1.54) is 5.56 Å². The van der Waals surface area contributed by atoms with Gasteiger partial charge in [-0.05, 0) is 24.0 Å². The summed E-state index contributed by atoms with van der Waals surface area (Å²) in [4.78, 5) is 41.9. The van der Waals surface area contributed by atoms with E-state index in [9.17, 15) is 14.4 Å². The van der Waals surface area contributed by atoms with Gasteiger partial charge >= 0.3 is 5.69 Å². The van der Waals surface area contributed by atoms with E-state index in [-0.39, 0.29) is 17.5 Å². The van der Waals surface area contributed by atoms with Gasteiger partial charge in [-0.3, -0.25) is 19.7 Å². The van der Waals surface area contributed by atoms with Crippen LogP contribution in [0.3, 0.4) is 0 Å². The minimum Gasteiger partial charge on any atom is -0.337 e. The molecule has 0 radical (unpaired) electrons. The van der Waals surface area contributed by atoms with E-state index >= 15 is 0 Å². The van der Waals surface area contributed by atoms with Gasteiger partial charge in [-0.2, -0.15) is 5.10 Å². The molecule has 1 aliphatic rings. The molecule has 3 heterocycles. The molecule has 0 bridgehead atoms. The number of hydrogen-bond acceptors (Lipinski definition) is 4. The topological polar surface area (TPSA) is 115 Å². The van der Waals surface area contributed by atoms with Gasteiger partial charge in [0.1, 0.15) is 5.69 Å². The van der Waals surface area contributed by atoms with Crippen molar-refractivity contribution in [2.45, 2.75) is 25.2 Å². The molecule has 0 unspecified atom stereocenters. The molecule has 4 rings (SSSR count). The highest BCUT2D eigenvalue weighted by Gasteiger charge is 2.28. The fourth-order valence-corrected chi connectivity index (χ4v) is 3.78. The first-order valence-corrected chi connectivity index (χ1v) is 9.29. The molecule has 1 atom stereocenters. The van der Waals surface area contributed by atoms with Crippen LogP contribution in [0.1, 0.15) is 46.1 Å². The fourth-order valence-electron chi connectivity index (χ4n) is 3.78. The van der Waals surface area contributed by atoms with Crippen LogP contribution >= 0.6 is 0 Å². The summed E-state index contributed by atoms with van der Waals surface area (Å²) in [7, 11) is 0. The van der Waals surface area contributed by atoms with Crippen LogP contribution in [0.4, 0.5) is 0 Å². The summed E-state index contributed by atoms with van der Waals surface area (Å²) in [5.41, 5.74) is 2.12. The SMILES string of the molecule is O=C(c1cc(=O)[nH]c(=O)[nH]1)N1CCC[C@@H](c2[nH]ncc2Cc2ccccc2)C1. The normalized spacial score (nSPS) is 16.9. The summed E-state index contributed by atoms with van der Waals surface area (Å²) in [6.07, 6.45) is 4.41. The molecule has 0 spiro atoms. The average Bonchev–Trinajstić information content (AvgIpc) is 3.15. The van der Waals surface area contributed by atoms with Crippen molar-refractivity contribution in [1.29, 1.82) is 0 Å². The molecule has 2 aromatic heterocycles. The molecule has 0 aliphatic carbocycles. The number of likely N-dealkylation sites (tertiary alicyclic amines) is 1. The fraction of sp³-hybridized carbons (Fsp3) is 0.300. The van der Waals surface area contributed by atoms with Crippen molar-refractivity contribution in [3.05, 3.63) is 85.9 Å². The van der Waals surface area contributed by atoms with Crippen LogP contribution in [0.2, 0.25) is 0 Å². The molecule has 1 saturated heterocycles. The quantitative estimate of drug-likeness (QED) is 0.635. The van der Waals surface area contributed by atoms with Gasteiger partial charge in [-0.25, -0.2) is 4.79 Å². The lowest BCUT2D eigenvalue weighted by Crippen LogP contribution is -2.41. The van der Waals surface area contributed by atoms with Crippen molar-refractivity contribution in [3.63, 3.8) is 0 Å². The molecular formula is C20H21N5O3. The molecule has 3 aromatic rings. The molecule has 8 nitrogen and oxygen atoms in total. The highest BCUT2D eigenvalue weighted by molar-refractivity contribution is 5.92. The minimum atomic E-state index is -0.678. The smallest absolute Gasteiger partial charge is 0.326 e. The number of hydrogen-bond donors (Lipinski definition) is 3. The van der Waals surface area contributed by atoms with Crippen LogP contribution in [0.15, 0.2) is 52.2 Å². The van der Waals surface area contributed by atoms with Gasteiger partial charge in [0.25, 0.3) is 11.5 Å². The van der Waals surface area contributed by atoms with Crippen LogP contribution in [-0.2, 0) is 6.42 Å². The van der Waals surface area contributed by atoms with Crippen LogP contribution in [0, 0.1) is 0 Å².